The second kappa shape index (κ2) is 6.25. The van der Waals surface area contributed by atoms with Gasteiger partial charge in [-0.2, -0.15) is 0 Å². The summed E-state index contributed by atoms with van der Waals surface area (Å²) in [5, 5.41) is 4.47. The Morgan fingerprint density at radius 3 is 2.90 bits per heavy atom. The molecule has 1 N–H and O–H groups in total. The number of hydrogen-bond acceptors (Lipinski definition) is 5. The molecule has 0 saturated carbocycles. The van der Waals surface area contributed by atoms with E-state index < -0.39 is 17.7 Å². The van der Waals surface area contributed by atoms with E-state index >= 15 is 0 Å². The molecule has 2 aromatic rings. The van der Waals surface area contributed by atoms with E-state index in [-0.39, 0.29) is 17.7 Å². The van der Waals surface area contributed by atoms with Crippen molar-refractivity contribution in [2.75, 3.05) is 11.9 Å². The first-order valence-corrected chi connectivity index (χ1v) is 6.67. The fraction of sp³-hybridized carbons (Fsp3) is 0.154. The zero-order chi connectivity index (χ0) is 14.5. The minimum Gasteiger partial charge on any atom is -0.462 e. The molecule has 0 bridgehead atoms. The number of nitrogens with zero attached hydrogens (tertiary/aromatic N) is 1. The summed E-state index contributed by atoms with van der Waals surface area (Å²) in [7, 11) is 0. The van der Waals surface area contributed by atoms with E-state index in [0.29, 0.717) is 5.00 Å². The number of thiophene rings is 1. The first-order chi connectivity index (χ1) is 9.63. The number of anilines is 1. The third-order valence-corrected chi connectivity index (χ3v) is 3.23. The van der Waals surface area contributed by atoms with Crippen molar-refractivity contribution >= 4 is 28.2 Å². The van der Waals surface area contributed by atoms with Crippen LogP contribution in [0.25, 0.3) is 0 Å². The molecule has 0 saturated heterocycles. The summed E-state index contributed by atoms with van der Waals surface area (Å²) in [6.45, 7) is 1.93. The summed E-state index contributed by atoms with van der Waals surface area (Å²) in [4.78, 5) is 27.2. The number of esters is 1. The second-order valence-corrected chi connectivity index (χ2v) is 4.61. The Balaban J connectivity index is 2.19. The van der Waals surface area contributed by atoms with Gasteiger partial charge in [0.05, 0.1) is 23.9 Å². The molecule has 20 heavy (non-hydrogen) atoms. The minimum absolute atomic E-state index is 0.136. The predicted octanol–water partition coefficient (Wildman–Crippen LogP) is 2.71. The molecule has 0 aromatic carbocycles. The standard InChI is InChI=1S/C13H11FN2O3S/c1-2-19-13(18)9-4-6-20-12(9)16-11(17)8-3-5-15-7-10(8)14/h3-7H,2H2,1H3,(H,16,17). The van der Waals surface area contributed by atoms with Gasteiger partial charge in [0, 0.05) is 6.20 Å². The fourth-order valence-corrected chi connectivity index (χ4v) is 2.28. The van der Waals surface area contributed by atoms with Crippen LogP contribution < -0.4 is 5.32 Å². The van der Waals surface area contributed by atoms with Gasteiger partial charge in [-0.25, -0.2) is 9.18 Å². The molecule has 0 aliphatic heterocycles. The van der Waals surface area contributed by atoms with Crippen molar-refractivity contribution in [3.8, 4) is 0 Å². The molecule has 5 nitrogen and oxygen atoms in total. The molecule has 2 heterocycles. The van der Waals surface area contributed by atoms with Crippen LogP contribution in [0.5, 0.6) is 0 Å². The summed E-state index contributed by atoms with van der Waals surface area (Å²) >= 11 is 1.16. The lowest BCUT2D eigenvalue weighted by molar-refractivity contribution is 0.0528. The van der Waals surface area contributed by atoms with Gasteiger partial charge in [-0.05, 0) is 24.4 Å². The number of rotatable bonds is 4. The Bertz CT molecular complexity index is 642. The van der Waals surface area contributed by atoms with Crippen molar-refractivity contribution in [3.63, 3.8) is 0 Å². The average Bonchev–Trinajstić information content (AvgIpc) is 2.87. The van der Waals surface area contributed by atoms with Gasteiger partial charge in [0.15, 0.2) is 5.82 Å². The molecule has 104 valence electrons. The van der Waals surface area contributed by atoms with Crippen LogP contribution >= 0.6 is 11.3 Å². The van der Waals surface area contributed by atoms with Crippen LogP contribution in [-0.2, 0) is 4.74 Å². The number of pyridine rings is 1. The van der Waals surface area contributed by atoms with Crippen LogP contribution in [0.15, 0.2) is 29.9 Å². The molecule has 2 rings (SSSR count). The largest absolute Gasteiger partial charge is 0.462 e. The number of carbonyl (C=O) groups excluding carboxylic acids is 2. The molecule has 0 aliphatic carbocycles. The maximum Gasteiger partial charge on any atom is 0.341 e. The number of halogens is 1. The fourth-order valence-electron chi connectivity index (χ4n) is 1.51. The Morgan fingerprint density at radius 1 is 1.40 bits per heavy atom. The molecule has 7 heteroatoms. The van der Waals surface area contributed by atoms with Crippen LogP contribution in [-0.4, -0.2) is 23.5 Å². The molecule has 0 atom stereocenters. The number of aromatic nitrogens is 1. The first kappa shape index (κ1) is 14.1. The zero-order valence-corrected chi connectivity index (χ0v) is 11.4. The second-order valence-electron chi connectivity index (χ2n) is 3.69. The number of nitrogens with one attached hydrogen (secondary N) is 1. The smallest absolute Gasteiger partial charge is 0.341 e. The summed E-state index contributed by atoms with van der Waals surface area (Å²) in [5.74, 6) is -1.89. The quantitative estimate of drug-likeness (QED) is 0.880. The van der Waals surface area contributed by atoms with Crippen molar-refractivity contribution in [1.29, 1.82) is 0 Å². The number of carbonyl (C=O) groups is 2. The summed E-state index contributed by atoms with van der Waals surface area (Å²) in [5.41, 5.74) is 0.114. The lowest BCUT2D eigenvalue weighted by atomic mass is 10.2. The Morgan fingerprint density at radius 2 is 2.20 bits per heavy atom. The van der Waals surface area contributed by atoms with E-state index in [9.17, 15) is 14.0 Å². The first-order valence-electron chi connectivity index (χ1n) is 5.79. The van der Waals surface area contributed by atoms with E-state index in [2.05, 4.69) is 10.3 Å². The van der Waals surface area contributed by atoms with E-state index in [1.807, 2.05) is 0 Å². The minimum atomic E-state index is -0.723. The predicted molar refractivity (Wildman–Crippen MR) is 72.4 cm³/mol. The summed E-state index contributed by atoms with van der Waals surface area (Å²) < 4.78 is 18.3. The summed E-state index contributed by atoms with van der Waals surface area (Å²) in [6.07, 6.45) is 2.27. The third kappa shape index (κ3) is 3.00. The van der Waals surface area contributed by atoms with Gasteiger partial charge in [0.1, 0.15) is 5.00 Å². The number of amides is 1. The molecular weight excluding hydrogens is 283 g/mol. The topological polar surface area (TPSA) is 68.3 Å². The van der Waals surface area contributed by atoms with Gasteiger partial charge < -0.3 is 10.1 Å². The van der Waals surface area contributed by atoms with Gasteiger partial charge in [0.2, 0.25) is 0 Å². The van der Waals surface area contributed by atoms with Crippen molar-refractivity contribution in [2.24, 2.45) is 0 Å². The average molecular weight is 294 g/mol. The van der Waals surface area contributed by atoms with Crippen LogP contribution in [0.1, 0.15) is 27.6 Å². The zero-order valence-electron chi connectivity index (χ0n) is 10.6. The molecule has 2 aromatic heterocycles. The van der Waals surface area contributed by atoms with Gasteiger partial charge in [-0.15, -0.1) is 11.3 Å². The van der Waals surface area contributed by atoms with Gasteiger partial charge in [0.25, 0.3) is 5.91 Å². The van der Waals surface area contributed by atoms with Crippen molar-refractivity contribution in [2.45, 2.75) is 6.92 Å². The maximum absolute atomic E-state index is 13.4. The number of ether oxygens (including phenoxy) is 1. The highest BCUT2D eigenvalue weighted by Gasteiger charge is 2.18. The third-order valence-electron chi connectivity index (χ3n) is 2.40. The van der Waals surface area contributed by atoms with Crippen LogP contribution in [0, 0.1) is 5.82 Å². The Labute approximate surface area is 118 Å². The monoisotopic (exact) mass is 294 g/mol. The molecule has 0 spiro atoms. The normalized spacial score (nSPS) is 10.1. The van der Waals surface area contributed by atoms with E-state index in [4.69, 9.17) is 4.74 Å². The summed E-state index contributed by atoms with van der Waals surface area (Å²) in [6, 6.07) is 2.81. The molecule has 0 fully saturated rings. The molecule has 0 aliphatic rings. The highest BCUT2D eigenvalue weighted by Crippen LogP contribution is 2.25. The SMILES string of the molecule is CCOC(=O)c1ccsc1NC(=O)c1ccncc1F. The lowest BCUT2D eigenvalue weighted by Crippen LogP contribution is -2.15. The molecular formula is C13H11FN2O3S. The highest BCUT2D eigenvalue weighted by atomic mass is 32.1. The Hall–Kier alpha value is -2.28. The maximum atomic E-state index is 13.4. The van der Waals surface area contributed by atoms with E-state index in [0.717, 1.165) is 17.5 Å². The van der Waals surface area contributed by atoms with Gasteiger partial charge in [-0.1, -0.05) is 0 Å². The van der Waals surface area contributed by atoms with E-state index in [1.54, 1.807) is 18.4 Å². The highest BCUT2D eigenvalue weighted by molar-refractivity contribution is 7.14. The van der Waals surface area contributed by atoms with Crippen molar-refractivity contribution in [1.82, 2.24) is 4.98 Å². The van der Waals surface area contributed by atoms with Crippen LogP contribution in [0.4, 0.5) is 9.39 Å². The van der Waals surface area contributed by atoms with Crippen LogP contribution in [0.3, 0.4) is 0 Å². The molecule has 1 amide bonds. The molecule has 0 radical (unpaired) electrons. The van der Waals surface area contributed by atoms with E-state index in [1.165, 1.54) is 12.3 Å². The van der Waals surface area contributed by atoms with Crippen molar-refractivity contribution in [3.05, 3.63) is 46.9 Å². The Kier molecular flexibility index (Phi) is 4.41. The van der Waals surface area contributed by atoms with Gasteiger partial charge in [-0.3, -0.25) is 9.78 Å². The van der Waals surface area contributed by atoms with Crippen LogP contribution in [0.2, 0.25) is 0 Å². The molecule has 0 unspecified atom stereocenters. The van der Waals surface area contributed by atoms with Gasteiger partial charge >= 0.3 is 5.97 Å². The lowest BCUT2D eigenvalue weighted by Gasteiger charge is -2.06. The van der Waals surface area contributed by atoms with Crippen molar-refractivity contribution < 1.29 is 18.7 Å². The number of hydrogen-bond donors (Lipinski definition) is 1.